The van der Waals surface area contributed by atoms with E-state index in [2.05, 4.69) is 27.4 Å². The molecule has 178 valence electrons. The van der Waals surface area contributed by atoms with Crippen molar-refractivity contribution >= 4 is 33.5 Å². The first-order valence-electron chi connectivity index (χ1n) is 11.6. The third-order valence-corrected chi connectivity index (χ3v) is 5.99. The van der Waals surface area contributed by atoms with Crippen LogP contribution in [0, 0.1) is 0 Å². The van der Waals surface area contributed by atoms with Crippen molar-refractivity contribution in [3.8, 4) is 0 Å². The van der Waals surface area contributed by atoms with E-state index in [-0.39, 0.29) is 30.5 Å². The molecule has 35 heavy (non-hydrogen) atoms. The van der Waals surface area contributed by atoms with Crippen LogP contribution in [0.15, 0.2) is 64.2 Å². The molecule has 5 aromatic rings. The maximum Gasteiger partial charge on any atom is 0.278 e. The molecule has 1 N–H and O–H groups in total. The summed E-state index contributed by atoms with van der Waals surface area (Å²) in [6, 6.07) is 15.3. The molecule has 0 unspecified atom stereocenters. The van der Waals surface area contributed by atoms with Gasteiger partial charge in [0.05, 0.1) is 11.8 Å². The van der Waals surface area contributed by atoms with Crippen LogP contribution in [-0.2, 0) is 24.3 Å². The van der Waals surface area contributed by atoms with Crippen LogP contribution in [0.25, 0.3) is 21.9 Å². The quantitative estimate of drug-likeness (QED) is 0.384. The Kier molecular flexibility index (Phi) is 5.90. The Morgan fingerprint density at radius 1 is 1.11 bits per heavy atom. The fourth-order valence-electron chi connectivity index (χ4n) is 4.11. The Labute approximate surface area is 201 Å². The summed E-state index contributed by atoms with van der Waals surface area (Å²) in [5, 5.41) is 7.70. The summed E-state index contributed by atoms with van der Waals surface area (Å²) >= 11 is 0. The highest BCUT2D eigenvalue weighted by Crippen LogP contribution is 2.25. The van der Waals surface area contributed by atoms with E-state index in [0.717, 1.165) is 17.3 Å². The lowest BCUT2D eigenvalue weighted by Gasteiger charge is -2.10. The van der Waals surface area contributed by atoms with Crippen molar-refractivity contribution in [3.05, 3.63) is 82.5 Å². The predicted molar refractivity (Wildman–Crippen MR) is 133 cm³/mol. The summed E-state index contributed by atoms with van der Waals surface area (Å²) in [4.78, 5) is 35.5. The molecule has 2 aromatic carbocycles. The molecular formula is C26H26N6O3. The van der Waals surface area contributed by atoms with Gasteiger partial charge in [-0.2, -0.15) is 4.98 Å². The minimum atomic E-state index is -0.282. The second-order valence-electron chi connectivity index (χ2n) is 8.78. The highest BCUT2D eigenvalue weighted by Gasteiger charge is 2.19. The molecule has 0 aliphatic heterocycles. The lowest BCUT2D eigenvalue weighted by molar-refractivity contribution is -0.116. The number of para-hydroxylation sites is 1. The Hall–Kier alpha value is -4.27. The van der Waals surface area contributed by atoms with Gasteiger partial charge in [0.25, 0.3) is 5.56 Å². The number of hydrogen-bond donors (Lipinski definition) is 1. The van der Waals surface area contributed by atoms with Crippen LogP contribution in [0.3, 0.4) is 0 Å². The Balaban J connectivity index is 1.52. The van der Waals surface area contributed by atoms with E-state index in [4.69, 9.17) is 4.52 Å². The maximum absolute atomic E-state index is 13.6. The number of amides is 1. The molecule has 9 heteroatoms. The molecule has 0 bridgehead atoms. The zero-order chi connectivity index (χ0) is 24.5. The molecule has 0 aliphatic rings. The molecule has 0 aliphatic carbocycles. The molecule has 1 amide bonds. The van der Waals surface area contributed by atoms with Crippen LogP contribution in [0.1, 0.15) is 44.0 Å². The number of rotatable bonds is 7. The Morgan fingerprint density at radius 2 is 1.89 bits per heavy atom. The molecule has 0 fully saturated rings. The smallest absolute Gasteiger partial charge is 0.278 e. The monoisotopic (exact) mass is 470 g/mol. The van der Waals surface area contributed by atoms with Gasteiger partial charge in [-0.25, -0.2) is 4.98 Å². The third kappa shape index (κ3) is 4.32. The van der Waals surface area contributed by atoms with E-state index < -0.39 is 0 Å². The number of nitrogens with one attached hydrogen (secondary N) is 1. The Morgan fingerprint density at radius 3 is 2.60 bits per heavy atom. The fraction of sp³-hybridized carbons (Fsp3) is 0.269. The number of nitrogens with zero attached hydrogens (tertiary/aromatic N) is 5. The molecule has 0 saturated heterocycles. The van der Waals surface area contributed by atoms with Crippen molar-refractivity contribution in [2.45, 2.75) is 46.2 Å². The zero-order valence-corrected chi connectivity index (χ0v) is 19.9. The van der Waals surface area contributed by atoms with E-state index in [1.807, 2.05) is 62.4 Å². The summed E-state index contributed by atoms with van der Waals surface area (Å²) in [7, 11) is 0. The van der Waals surface area contributed by atoms with Crippen LogP contribution >= 0.6 is 0 Å². The minimum Gasteiger partial charge on any atom is -0.337 e. The summed E-state index contributed by atoms with van der Waals surface area (Å²) < 4.78 is 8.46. The summed E-state index contributed by atoms with van der Waals surface area (Å²) in [6.07, 6.45) is 2.41. The molecule has 0 atom stereocenters. The van der Waals surface area contributed by atoms with Gasteiger partial charge in [0, 0.05) is 17.0 Å². The summed E-state index contributed by atoms with van der Waals surface area (Å²) in [5.74, 6) is 0.793. The summed E-state index contributed by atoms with van der Waals surface area (Å²) in [5.41, 5.74) is 3.29. The van der Waals surface area contributed by atoms with Crippen molar-refractivity contribution in [2.24, 2.45) is 0 Å². The van der Waals surface area contributed by atoms with Gasteiger partial charge < -0.3 is 14.4 Å². The predicted octanol–water partition coefficient (Wildman–Crippen LogP) is 4.11. The van der Waals surface area contributed by atoms with Crippen LogP contribution in [0.2, 0.25) is 0 Å². The lowest BCUT2D eigenvalue weighted by Crippen LogP contribution is -2.25. The number of aryl methyl sites for hydroxylation is 1. The van der Waals surface area contributed by atoms with Gasteiger partial charge >= 0.3 is 0 Å². The fourth-order valence-corrected chi connectivity index (χ4v) is 4.11. The van der Waals surface area contributed by atoms with E-state index in [1.54, 1.807) is 4.57 Å². The summed E-state index contributed by atoms with van der Waals surface area (Å²) in [6.45, 7) is 6.09. The largest absolute Gasteiger partial charge is 0.337 e. The van der Waals surface area contributed by atoms with Crippen LogP contribution in [0.5, 0.6) is 0 Å². The first-order valence-corrected chi connectivity index (χ1v) is 11.6. The first kappa shape index (κ1) is 22.5. The van der Waals surface area contributed by atoms with E-state index in [9.17, 15) is 9.59 Å². The average molecular weight is 471 g/mol. The van der Waals surface area contributed by atoms with E-state index in [0.29, 0.717) is 28.4 Å². The molecule has 9 nitrogen and oxygen atoms in total. The van der Waals surface area contributed by atoms with Crippen molar-refractivity contribution in [1.82, 2.24) is 24.3 Å². The van der Waals surface area contributed by atoms with Gasteiger partial charge in [0.1, 0.15) is 24.1 Å². The number of fused-ring (bicyclic) bond motifs is 3. The van der Waals surface area contributed by atoms with Crippen molar-refractivity contribution in [2.75, 3.05) is 5.32 Å². The number of aromatic nitrogens is 5. The third-order valence-electron chi connectivity index (χ3n) is 5.99. The molecule has 0 radical (unpaired) electrons. The first-order chi connectivity index (χ1) is 16.9. The molecular weight excluding hydrogens is 444 g/mol. The number of anilines is 1. The Bertz CT molecular complexity index is 1580. The number of benzene rings is 2. The topological polar surface area (TPSA) is 108 Å². The van der Waals surface area contributed by atoms with Crippen LogP contribution in [-0.4, -0.2) is 30.2 Å². The van der Waals surface area contributed by atoms with Crippen LogP contribution < -0.4 is 10.9 Å². The van der Waals surface area contributed by atoms with Crippen molar-refractivity contribution in [3.63, 3.8) is 0 Å². The normalized spacial score (nSPS) is 11.5. The van der Waals surface area contributed by atoms with Crippen molar-refractivity contribution in [1.29, 1.82) is 0 Å². The standard InChI is InChI=1S/C26H26N6O3/c1-4-17-9-11-18(12-10-17)28-21(33)13-32-20-8-6-5-7-19(20)23-24(32)26(34)31(15-27-23)14-22-29-25(16(2)3)30-35-22/h5-12,15-16H,4,13-14H2,1-3H3,(H,28,33). The molecule has 5 rings (SSSR count). The molecule has 0 spiro atoms. The van der Waals surface area contributed by atoms with Gasteiger partial charge in [-0.15, -0.1) is 0 Å². The van der Waals surface area contributed by atoms with Crippen LogP contribution in [0.4, 0.5) is 5.69 Å². The minimum absolute atomic E-state index is 0.0292. The van der Waals surface area contributed by atoms with Gasteiger partial charge in [-0.3, -0.25) is 14.2 Å². The molecule has 0 saturated carbocycles. The number of carbonyl (C=O) groups is 1. The highest BCUT2D eigenvalue weighted by molar-refractivity contribution is 6.06. The maximum atomic E-state index is 13.6. The van der Waals surface area contributed by atoms with Gasteiger partial charge in [0.2, 0.25) is 11.8 Å². The van der Waals surface area contributed by atoms with E-state index >= 15 is 0 Å². The zero-order valence-electron chi connectivity index (χ0n) is 19.9. The van der Waals surface area contributed by atoms with E-state index in [1.165, 1.54) is 16.5 Å². The average Bonchev–Trinajstić information content (AvgIpc) is 3.45. The molecule has 3 aromatic heterocycles. The van der Waals surface area contributed by atoms with Crippen molar-refractivity contribution < 1.29 is 9.32 Å². The SMILES string of the molecule is CCc1ccc(NC(=O)Cn2c3ccccc3c3ncn(Cc4nc(C(C)C)no4)c(=O)c32)cc1. The lowest BCUT2D eigenvalue weighted by atomic mass is 10.1. The van der Waals surface area contributed by atoms with Gasteiger partial charge in [0.15, 0.2) is 5.82 Å². The number of hydrogen-bond acceptors (Lipinski definition) is 6. The molecule has 3 heterocycles. The number of carbonyl (C=O) groups excluding carboxylic acids is 1. The van der Waals surface area contributed by atoms with Gasteiger partial charge in [-0.1, -0.05) is 56.3 Å². The second kappa shape index (κ2) is 9.17. The van der Waals surface area contributed by atoms with Gasteiger partial charge in [-0.05, 0) is 30.2 Å². The highest BCUT2D eigenvalue weighted by atomic mass is 16.5. The second-order valence-corrected chi connectivity index (χ2v) is 8.78.